The van der Waals surface area contributed by atoms with Crippen molar-refractivity contribution < 1.29 is 8.78 Å². The first-order valence-corrected chi connectivity index (χ1v) is 6.62. The van der Waals surface area contributed by atoms with Crippen molar-refractivity contribution in [1.82, 2.24) is 15.0 Å². The van der Waals surface area contributed by atoms with Crippen LogP contribution in [-0.2, 0) is 0 Å². The molecule has 0 radical (unpaired) electrons. The van der Waals surface area contributed by atoms with Gasteiger partial charge in [-0.15, -0.1) is 0 Å². The summed E-state index contributed by atoms with van der Waals surface area (Å²) in [6.45, 7) is 0. The highest BCUT2D eigenvalue weighted by molar-refractivity contribution is 7.99. The summed E-state index contributed by atoms with van der Waals surface area (Å²) in [6, 6.07) is 7.34. The maximum Gasteiger partial charge on any atom is 0.266 e. The number of hydrogen-bond donors (Lipinski definition) is 0. The Kier molecular flexibility index (Phi) is 4.97. The monoisotopic (exact) mass is 279 g/mol. The number of halogens is 2. The third-order valence-electron chi connectivity index (χ3n) is 2.21. The normalized spacial score (nSPS) is 10.2. The predicted octanol–water partition coefficient (Wildman–Crippen LogP) is 3.80. The van der Waals surface area contributed by atoms with Gasteiger partial charge in [-0.05, 0) is 30.7 Å². The van der Waals surface area contributed by atoms with Gasteiger partial charge in [0.15, 0.2) is 5.16 Å². The molecular formula is C13H11F2N3S. The highest BCUT2D eigenvalue weighted by atomic mass is 32.2. The molecule has 2 aromatic heterocycles. The first kappa shape index (κ1) is 13.6. The van der Waals surface area contributed by atoms with Crippen molar-refractivity contribution in [1.29, 1.82) is 0 Å². The fraction of sp³-hybridized carbons (Fsp3) is 0.154. The smallest absolute Gasteiger partial charge is 0.255 e. The van der Waals surface area contributed by atoms with E-state index in [1.54, 1.807) is 18.5 Å². The van der Waals surface area contributed by atoms with Gasteiger partial charge in [-0.25, -0.2) is 9.97 Å². The molecule has 0 aliphatic carbocycles. The molecule has 0 amide bonds. The molecule has 3 nitrogen and oxygen atoms in total. The van der Waals surface area contributed by atoms with Crippen molar-refractivity contribution in [2.45, 2.75) is 11.6 Å². The maximum atomic E-state index is 11.9. The van der Waals surface area contributed by atoms with Crippen molar-refractivity contribution in [3.63, 3.8) is 0 Å². The second kappa shape index (κ2) is 6.94. The highest BCUT2D eigenvalue weighted by Gasteiger charge is 2.03. The van der Waals surface area contributed by atoms with Crippen molar-refractivity contribution in [2.75, 3.05) is 5.75 Å². The molecule has 0 saturated heterocycles. The number of aromatic nitrogens is 3. The average Bonchev–Trinajstić information content (AvgIpc) is 2.45. The van der Waals surface area contributed by atoms with Gasteiger partial charge in [0.05, 0.1) is 11.4 Å². The zero-order chi connectivity index (χ0) is 13.5. The number of nitrogens with zero attached hydrogens (tertiary/aromatic N) is 3. The van der Waals surface area contributed by atoms with Gasteiger partial charge < -0.3 is 0 Å². The van der Waals surface area contributed by atoms with Gasteiger partial charge in [0.25, 0.3) is 6.08 Å². The number of hydrogen-bond acceptors (Lipinski definition) is 4. The van der Waals surface area contributed by atoms with Crippen molar-refractivity contribution in [2.24, 2.45) is 0 Å². The molecule has 0 N–H and O–H groups in total. The Morgan fingerprint density at radius 2 is 2.00 bits per heavy atom. The van der Waals surface area contributed by atoms with Crippen LogP contribution < -0.4 is 0 Å². The molecule has 2 heterocycles. The molecular weight excluding hydrogens is 268 g/mol. The summed E-state index contributed by atoms with van der Waals surface area (Å²) in [5.74, 6) is 0.517. The minimum absolute atomic E-state index is 0.296. The predicted molar refractivity (Wildman–Crippen MR) is 70.9 cm³/mol. The standard InChI is InChI=1S/C13H11F2N3S/c14-12(15)5-3-9-19-13-17-8-6-11(18-13)10-4-1-2-7-16-10/h1-2,4-8H,3,9H2. The summed E-state index contributed by atoms with van der Waals surface area (Å²) < 4.78 is 23.7. The van der Waals surface area contributed by atoms with Crippen LogP contribution in [0.25, 0.3) is 11.4 Å². The van der Waals surface area contributed by atoms with E-state index in [9.17, 15) is 8.78 Å². The Hall–Kier alpha value is -1.82. The van der Waals surface area contributed by atoms with E-state index in [1.807, 2.05) is 18.2 Å². The minimum Gasteiger partial charge on any atom is -0.255 e. The largest absolute Gasteiger partial charge is 0.266 e. The maximum absolute atomic E-state index is 11.9. The van der Waals surface area contributed by atoms with E-state index in [0.717, 1.165) is 17.5 Å². The van der Waals surface area contributed by atoms with Gasteiger partial charge in [0, 0.05) is 18.1 Å². The van der Waals surface area contributed by atoms with Crippen LogP contribution in [0.3, 0.4) is 0 Å². The van der Waals surface area contributed by atoms with Crippen molar-refractivity contribution in [3.05, 3.63) is 48.8 Å². The van der Waals surface area contributed by atoms with Gasteiger partial charge >= 0.3 is 0 Å². The minimum atomic E-state index is -1.65. The summed E-state index contributed by atoms with van der Waals surface area (Å²) >= 11 is 1.34. The Bertz CT molecular complexity index is 557. The van der Waals surface area contributed by atoms with E-state index >= 15 is 0 Å². The first-order chi connectivity index (χ1) is 9.25. The fourth-order valence-electron chi connectivity index (χ4n) is 1.39. The number of rotatable bonds is 5. The Morgan fingerprint density at radius 1 is 1.11 bits per heavy atom. The number of thioether (sulfide) groups is 1. The molecule has 2 rings (SSSR count). The molecule has 6 heteroatoms. The van der Waals surface area contributed by atoms with Gasteiger partial charge in [-0.2, -0.15) is 8.78 Å². The van der Waals surface area contributed by atoms with Crippen LogP contribution in [0.1, 0.15) is 6.42 Å². The van der Waals surface area contributed by atoms with Crippen LogP contribution in [0.2, 0.25) is 0 Å². The second-order valence-electron chi connectivity index (χ2n) is 3.57. The van der Waals surface area contributed by atoms with E-state index in [2.05, 4.69) is 15.0 Å². The third kappa shape index (κ3) is 4.40. The molecule has 0 aromatic carbocycles. The summed E-state index contributed by atoms with van der Waals surface area (Å²) in [7, 11) is 0. The van der Waals surface area contributed by atoms with Crippen LogP contribution in [0.4, 0.5) is 8.78 Å². The molecule has 0 aliphatic rings. The van der Waals surface area contributed by atoms with E-state index in [1.165, 1.54) is 11.8 Å². The molecule has 0 saturated carbocycles. The van der Waals surface area contributed by atoms with Crippen LogP contribution in [0, 0.1) is 0 Å². The second-order valence-corrected chi connectivity index (χ2v) is 4.63. The highest BCUT2D eigenvalue weighted by Crippen LogP contribution is 2.19. The van der Waals surface area contributed by atoms with Crippen molar-refractivity contribution in [3.8, 4) is 11.4 Å². The van der Waals surface area contributed by atoms with Gasteiger partial charge in [0.2, 0.25) is 0 Å². The zero-order valence-electron chi connectivity index (χ0n) is 9.96. The average molecular weight is 279 g/mol. The van der Waals surface area contributed by atoms with Gasteiger partial charge in [-0.1, -0.05) is 17.8 Å². The summed E-state index contributed by atoms with van der Waals surface area (Å²) in [4.78, 5) is 12.6. The topological polar surface area (TPSA) is 38.7 Å². The molecule has 2 aromatic rings. The van der Waals surface area contributed by atoms with Crippen LogP contribution >= 0.6 is 11.8 Å². The van der Waals surface area contributed by atoms with E-state index in [0.29, 0.717) is 17.3 Å². The van der Waals surface area contributed by atoms with Gasteiger partial charge in [0.1, 0.15) is 0 Å². The first-order valence-electron chi connectivity index (χ1n) is 5.64. The number of allylic oxidation sites excluding steroid dienone is 1. The molecule has 0 spiro atoms. The molecule has 0 atom stereocenters. The Labute approximate surface area is 113 Å². The lowest BCUT2D eigenvalue weighted by atomic mass is 10.3. The summed E-state index contributed by atoms with van der Waals surface area (Å²) in [5.41, 5.74) is 1.49. The lowest BCUT2D eigenvalue weighted by Gasteiger charge is -2.02. The molecule has 0 unspecified atom stereocenters. The van der Waals surface area contributed by atoms with E-state index in [-0.39, 0.29) is 0 Å². The SMILES string of the molecule is FC(F)=CCCSc1nccc(-c2ccccn2)n1. The van der Waals surface area contributed by atoms with E-state index in [4.69, 9.17) is 0 Å². The Morgan fingerprint density at radius 3 is 2.74 bits per heavy atom. The zero-order valence-corrected chi connectivity index (χ0v) is 10.8. The summed E-state index contributed by atoms with van der Waals surface area (Å²) in [5, 5.41) is 0.566. The van der Waals surface area contributed by atoms with Crippen LogP contribution in [0.5, 0.6) is 0 Å². The van der Waals surface area contributed by atoms with Crippen molar-refractivity contribution >= 4 is 11.8 Å². The lowest BCUT2D eigenvalue weighted by Crippen LogP contribution is -1.92. The van der Waals surface area contributed by atoms with Crippen LogP contribution in [0.15, 0.2) is 54.0 Å². The molecule has 0 fully saturated rings. The summed E-state index contributed by atoms with van der Waals surface area (Å²) in [6.07, 6.45) is 2.88. The van der Waals surface area contributed by atoms with Crippen LogP contribution in [-0.4, -0.2) is 20.7 Å². The molecule has 0 aliphatic heterocycles. The third-order valence-corrected chi connectivity index (χ3v) is 3.10. The quantitative estimate of drug-likeness (QED) is 0.474. The molecule has 98 valence electrons. The molecule has 0 bridgehead atoms. The Balaban J connectivity index is 2.02. The number of pyridine rings is 1. The lowest BCUT2D eigenvalue weighted by molar-refractivity contribution is 0.418. The fourth-order valence-corrected chi connectivity index (χ4v) is 2.10. The van der Waals surface area contributed by atoms with E-state index < -0.39 is 6.08 Å². The molecule has 19 heavy (non-hydrogen) atoms. The van der Waals surface area contributed by atoms with Gasteiger partial charge in [-0.3, -0.25) is 4.98 Å².